The summed E-state index contributed by atoms with van der Waals surface area (Å²) in [5.41, 5.74) is 0.306. The molecule has 1 nitrogen and oxygen atoms in total. The molecule has 1 saturated carbocycles. The molecule has 0 heterocycles. The Bertz CT molecular complexity index is 60.9. The van der Waals surface area contributed by atoms with Crippen LogP contribution in [0.25, 0.3) is 0 Å². The third kappa shape index (κ3) is 0.752. The third-order valence-corrected chi connectivity index (χ3v) is 2.34. The van der Waals surface area contributed by atoms with Gasteiger partial charge in [-0.05, 0) is 25.7 Å². The summed E-state index contributed by atoms with van der Waals surface area (Å²) in [5, 5.41) is 0. The topological polar surface area (TPSA) is 9.23 Å². The molecule has 0 aromatic heterocycles. The minimum atomic E-state index is 0.306. The quantitative estimate of drug-likeness (QED) is 0.533. The normalized spacial score (nSPS) is 24.8. The summed E-state index contributed by atoms with van der Waals surface area (Å²) in [5.74, 6) is 0. The minimum Gasteiger partial charge on any atom is -0.378 e. The number of hydrogen-bond donors (Lipinski definition) is 0. The highest BCUT2D eigenvalue weighted by Crippen LogP contribution is 2.37. The molecule has 0 saturated heterocycles. The summed E-state index contributed by atoms with van der Waals surface area (Å²) in [6, 6.07) is 0. The Morgan fingerprint density at radius 2 is 2.12 bits per heavy atom. The van der Waals surface area contributed by atoms with Gasteiger partial charge in [0.2, 0.25) is 0 Å². The van der Waals surface area contributed by atoms with Crippen molar-refractivity contribution in [2.75, 3.05) is 7.11 Å². The van der Waals surface area contributed by atoms with Crippen LogP contribution >= 0.6 is 0 Å². The Hall–Kier alpha value is -0.0400. The maximum atomic E-state index is 5.32. The number of rotatable bonds is 2. The number of ether oxygens (including phenoxy) is 1. The molecule has 0 unspecified atom stereocenters. The zero-order chi connectivity index (χ0) is 6.04. The third-order valence-electron chi connectivity index (χ3n) is 2.34. The van der Waals surface area contributed by atoms with Crippen molar-refractivity contribution in [3.8, 4) is 0 Å². The molecule has 0 aromatic carbocycles. The first kappa shape index (κ1) is 6.09. The lowest BCUT2D eigenvalue weighted by Crippen LogP contribution is -2.37. The van der Waals surface area contributed by atoms with Gasteiger partial charge in [0, 0.05) is 7.11 Å². The highest BCUT2D eigenvalue weighted by Gasteiger charge is 2.34. The van der Waals surface area contributed by atoms with E-state index < -0.39 is 0 Å². The molecule has 0 aliphatic heterocycles. The lowest BCUT2D eigenvalue weighted by molar-refractivity contribution is -0.0739. The Morgan fingerprint density at radius 1 is 1.50 bits per heavy atom. The average Bonchev–Trinajstić information content (AvgIpc) is 1.67. The molecule has 0 atom stereocenters. The first-order valence-corrected chi connectivity index (χ1v) is 3.38. The van der Waals surface area contributed by atoms with E-state index in [0.717, 1.165) is 0 Å². The Morgan fingerprint density at radius 3 is 2.12 bits per heavy atom. The maximum absolute atomic E-state index is 5.32. The van der Waals surface area contributed by atoms with Crippen molar-refractivity contribution >= 4 is 0 Å². The van der Waals surface area contributed by atoms with Crippen molar-refractivity contribution in [2.45, 2.75) is 38.2 Å². The molecular formula is C7H14O. The second-order valence-electron chi connectivity index (χ2n) is 2.59. The van der Waals surface area contributed by atoms with Gasteiger partial charge in [0.05, 0.1) is 5.60 Å². The number of hydrogen-bond acceptors (Lipinski definition) is 1. The van der Waals surface area contributed by atoms with Crippen LogP contribution in [0.3, 0.4) is 0 Å². The fourth-order valence-corrected chi connectivity index (χ4v) is 1.27. The molecule has 0 aromatic rings. The van der Waals surface area contributed by atoms with Gasteiger partial charge in [0.15, 0.2) is 0 Å². The Kier molecular flexibility index (Phi) is 1.57. The zero-order valence-electron chi connectivity index (χ0n) is 5.74. The predicted octanol–water partition coefficient (Wildman–Crippen LogP) is 1.97. The lowest BCUT2D eigenvalue weighted by atomic mass is 9.78. The van der Waals surface area contributed by atoms with Crippen LogP contribution in [-0.4, -0.2) is 12.7 Å². The molecule has 1 heteroatoms. The van der Waals surface area contributed by atoms with Crippen molar-refractivity contribution in [1.29, 1.82) is 0 Å². The fourth-order valence-electron chi connectivity index (χ4n) is 1.27. The second kappa shape index (κ2) is 2.06. The molecule has 48 valence electrons. The molecule has 0 amide bonds. The van der Waals surface area contributed by atoms with Crippen LogP contribution in [0.5, 0.6) is 0 Å². The highest BCUT2D eigenvalue weighted by molar-refractivity contribution is 4.87. The van der Waals surface area contributed by atoms with Crippen LogP contribution in [-0.2, 0) is 4.74 Å². The van der Waals surface area contributed by atoms with E-state index in [0.29, 0.717) is 5.60 Å². The van der Waals surface area contributed by atoms with E-state index in [1.165, 1.54) is 25.7 Å². The first-order valence-electron chi connectivity index (χ1n) is 3.38. The van der Waals surface area contributed by atoms with Gasteiger partial charge in [0.25, 0.3) is 0 Å². The van der Waals surface area contributed by atoms with Crippen molar-refractivity contribution in [1.82, 2.24) is 0 Å². The highest BCUT2D eigenvalue weighted by atomic mass is 16.5. The summed E-state index contributed by atoms with van der Waals surface area (Å²) >= 11 is 0. The Balaban J connectivity index is 2.33. The van der Waals surface area contributed by atoms with Gasteiger partial charge in [-0.25, -0.2) is 0 Å². The standard InChI is InChI=1S/C7H14O/c1-3-7(8-2)5-4-6-7/h3-6H2,1-2H3. The molecule has 8 heavy (non-hydrogen) atoms. The summed E-state index contributed by atoms with van der Waals surface area (Å²) in [4.78, 5) is 0. The van der Waals surface area contributed by atoms with Gasteiger partial charge >= 0.3 is 0 Å². The van der Waals surface area contributed by atoms with Crippen LogP contribution in [0, 0.1) is 0 Å². The van der Waals surface area contributed by atoms with Crippen molar-refractivity contribution in [2.24, 2.45) is 0 Å². The second-order valence-corrected chi connectivity index (χ2v) is 2.59. The molecular weight excluding hydrogens is 100 g/mol. The molecule has 0 radical (unpaired) electrons. The summed E-state index contributed by atoms with van der Waals surface area (Å²) in [6.07, 6.45) is 5.10. The van der Waals surface area contributed by atoms with E-state index in [-0.39, 0.29) is 0 Å². The van der Waals surface area contributed by atoms with Gasteiger partial charge in [0.1, 0.15) is 0 Å². The lowest BCUT2D eigenvalue weighted by Gasteiger charge is -2.39. The van der Waals surface area contributed by atoms with Crippen LogP contribution in [0.15, 0.2) is 0 Å². The maximum Gasteiger partial charge on any atom is 0.0676 e. The molecule has 1 fully saturated rings. The van der Waals surface area contributed by atoms with E-state index in [9.17, 15) is 0 Å². The zero-order valence-corrected chi connectivity index (χ0v) is 5.74. The molecule has 0 spiro atoms. The van der Waals surface area contributed by atoms with E-state index in [2.05, 4.69) is 6.92 Å². The molecule has 1 aliphatic carbocycles. The predicted molar refractivity (Wildman–Crippen MR) is 33.9 cm³/mol. The van der Waals surface area contributed by atoms with Gasteiger partial charge in [-0.1, -0.05) is 6.92 Å². The number of methoxy groups -OCH3 is 1. The van der Waals surface area contributed by atoms with Gasteiger partial charge in [-0.2, -0.15) is 0 Å². The van der Waals surface area contributed by atoms with E-state index in [1.807, 2.05) is 7.11 Å². The van der Waals surface area contributed by atoms with Gasteiger partial charge in [-0.3, -0.25) is 0 Å². The average molecular weight is 114 g/mol. The van der Waals surface area contributed by atoms with Crippen LogP contribution in [0.4, 0.5) is 0 Å². The fraction of sp³-hybridized carbons (Fsp3) is 1.00. The van der Waals surface area contributed by atoms with Crippen LogP contribution in [0.1, 0.15) is 32.6 Å². The van der Waals surface area contributed by atoms with E-state index in [4.69, 9.17) is 4.74 Å². The Labute approximate surface area is 51.0 Å². The minimum absolute atomic E-state index is 0.306. The summed E-state index contributed by atoms with van der Waals surface area (Å²) in [6.45, 7) is 2.20. The van der Waals surface area contributed by atoms with Crippen LogP contribution in [0.2, 0.25) is 0 Å². The van der Waals surface area contributed by atoms with Crippen LogP contribution < -0.4 is 0 Å². The largest absolute Gasteiger partial charge is 0.378 e. The smallest absolute Gasteiger partial charge is 0.0676 e. The molecule has 0 bridgehead atoms. The van der Waals surface area contributed by atoms with Crippen molar-refractivity contribution in [3.63, 3.8) is 0 Å². The van der Waals surface area contributed by atoms with Gasteiger partial charge < -0.3 is 4.74 Å². The van der Waals surface area contributed by atoms with Crippen molar-refractivity contribution < 1.29 is 4.74 Å². The first-order chi connectivity index (χ1) is 3.83. The van der Waals surface area contributed by atoms with Gasteiger partial charge in [-0.15, -0.1) is 0 Å². The molecule has 0 N–H and O–H groups in total. The monoisotopic (exact) mass is 114 g/mol. The summed E-state index contributed by atoms with van der Waals surface area (Å²) < 4.78 is 5.32. The summed E-state index contributed by atoms with van der Waals surface area (Å²) in [7, 11) is 1.82. The molecule has 1 aliphatic rings. The van der Waals surface area contributed by atoms with E-state index in [1.54, 1.807) is 0 Å². The van der Waals surface area contributed by atoms with E-state index >= 15 is 0 Å². The molecule has 1 rings (SSSR count). The van der Waals surface area contributed by atoms with Crippen molar-refractivity contribution in [3.05, 3.63) is 0 Å². The SMILES string of the molecule is CCC1(OC)CCC1.